The topological polar surface area (TPSA) is 114 Å². The third kappa shape index (κ3) is 5.34. The van der Waals surface area contributed by atoms with Crippen molar-refractivity contribution < 1.29 is 24.2 Å². The fraction of sp³-hybridized carbons (Fsp3) is 0.308. The Bertz CT molecular complexity index is 1190. The number of nitrogens with zero attached hydrogens (tertiary/aromatic N) is 3. The van der Waals surface area contributed by atoms with E-state index in [9.17, 15) is 14.4 Å². The monoisotopic (exact) mass is 476 g/mol. The predicted octanol–water partition coefficient (Wildman–Crippen LogP) is 3.15. The molecule has 0 aliphatic heterocycles. The first-order chi connectivity index (χ1) is 16.8. The van der Waals surface area contributed by atoms with E-state index < -0.39 is 24.0 Å². The summed E-state index contributed by atoms with van der Waals surface area (Å²) in [5, 5.41) is 15.8. The number of benzene rings is 2. The van der Waals surface area contributed by atoms with Gasteiger partial charge in [0.1, 0.15) is 12.6 Å². The maximum atomic E-state index is 13.0. The van der Waals surface area contributed by atoms with Gasteiger partial charge in [0.25, 0.3) is 0 Å². The van der Waals surface area contributed by atoms with Crippen molar-refractivity contribution >= 4 is 18.0 Å². The number of carboxylic acid groups (broad SMARTS) is 1. The summed E-state index contributed by atoms with van der Waals surface area (Å²) in [4.78, 5) is 38.3. The van der Waals surface area contributed by atoms with E-state index in [2.05, 4.69) is 10.4 Å². The Kier molecular flexibility index (Phi) is 7.14. The molecule has 0 radical (unpaired) electrons. The number of aromatic nitrogens is 2. The lowest BCUT2D eigenvalue weighted by atomic mass is 9.98. The molecule has 1 aliphatic carbocycles. The van der Waals surface area contributed by atoms with E-state index in [1.54, 1.807) is 31.0 Å². The summed E-state index contributed by atoms with van der Waals surface area (Å²) >= 11 is 0. The lowest BCUT2D eigenvalue weighted by Gasteiger charge is -2.24. The molecule has 182 valence electrons. The minimum absolute atomic E-state index is 0.0475. The third-order valence-electron chi connectivity index (χ3n) is 6.28. The van der Waals surface area contributed by atoms with Gasteiger partial charge in [-0.05, 0) is 34.7 Å². The van der Waals surface area contributed by atoms with Crippen molar-refractivity contribution in [2.24, 2.45) is 7.05 Å². The second-order valence-corrected chi connectivity index (χ2v) is 8.60. The van der Waals surface area contributed by atoms with E-state index in [-0.39, 0.29) is 31.9 Å². The van der Waals surface area contributed by atoms with Crippen LogP contribution in [0.4, 0.5) is 4.79 Å². The molecule has 3 aromatic rings. The van der Waals surface area contributed by atoms with Gasteiger partial charge < -0.3 is 20.1 Å². The van der Waals surface area contributed by atoms with Gasteiger partial charge in [-0.15, -0.1) is 0 Å². The van der Waals surface area contributed by atoms with Crippen molar-refractivity contribution in [1.29, 1.82) is 0 Å². The Morgan fingerprint density at radius 1 is 1.09 bits per heavy atom. The molecule has 2 aromatic carbocycles. The van der Waals surface area contributed by atoms with Crippen LogP contribution in [0, 0.1) is 0 Å². The molecule has 9 heteroatoms. The van der Waals surface area contributed by atoms with Crippen LogP contribution >= 0.6 is 0 Å². The van der Waals surface area contributed by atoms with E-state index in [0.717, 1.165) is 27.9 Å². The van der Waals surface area contributed by atoms with Gasteiger partial charge in [0.15, 0.2) is 0 Å². The molecule has 1 atom stereocenters. The molecule has 0 saturated heterocycles. The predicted molar refractivity (Wildman–Crippen MR) is 129 cm³/mol. The van der Waals surface area contributed by atoms with Gasteiger partial charge in [0.05, 0.1) is 12.2 Å². The van der Waals surface area contributed by atoms with E-state index in [1.807, 2.05) is 48.5 Å². The van der Waals surface area contributed by atoms with Crippen LogP contribution in [0.25, 0.3) is 11.1 Å². The number of nitrogens with one attached hydrogen (secondary N) is 1. The zero-order valence-corrected chi connectivity index (χ0v) is 19.7. The molecule has 0 spiro atoms. The second kappa shape index (κ2) is 10.4. The van der Waals surface area contributed by atoms with Crippen LogP contribution < -0.4 is 5.32 Å². The van der Waals surface area contributed by atoms with Gasteiger partial charge in [-0.2, -0.15) is 5.10 Å². The first-order valence-corrected chi connectivity index (χ1v) is 11.4. The highest BCUT2D eigenvalue weighted by molar-refractivity contribution is 5.86. The van der Waals surface area contributed by atoms with Gasteiger partial charge >= 0.3 is 12.1 Å². The molecule has 1 heterocycles. The van der Waals surface area contributed by atoms with Gasteiger partial charge in [0.2, 0.25) is 5.91 Å². The van der Waals surface area contributed by atoms with Crippen LogP contribution in [0.5, 0.6) is 0 Å². The molecule has 0 bridgehead atoms. The summed E-state index contributed by atoms with van der Waals surface area (Å²) in [7, 11) is 3.37. The average Bonchev–Trinajstić information content (AvgIpc) is 3.40. The number of alkyl carbamates (subject to hydrolysis) is 1. The number of aliphatic carboxylic acids is 1. The maximum Gasteiger partial charge on any atom is 0.407 e. The maximum absolute atomic E-state index is 13.0. The summed E-state index contributed by atoms with van der Waals surface area (Å²) in [6.07, 6.45) is 0.558. The van der Waals surface area contributed by atoms with Crippen LogP contribution in [-0.2, 0) is 27.9 Å². The van der Waals surface area contributed by atoms with Crippen LogP contribution in [0.3, 0.4) is 0 Å². The Labute approximate surface area is 203 Å². The first-order valence-electron chi connectivity index (χ1n) is 11.4. The zero-order valence-electron chi connectivity index (χ0n) is 19.7. The standard InChI is InChI=1S/C26H28N4O5/c1-29(15-17-13-14-27-30(17)2)25(33)23(11-12-24(31)32)28-26(34)35-16-22-20-9-5-3-7-18(20)19-8-4-6-10-21(19)22/h3-10,13-14,22-23H,11-12,15-16H2,1-2H3,(H,28,34)(H,31,32). The molecular formula is C26H28N4O5. The highest BCUT2D eigenvalue weighted by atomic mass is 16.5. The number of carbonyl (C=O) groups excluding carboxylic acids is 2. The molecule has 35 heavy (non-hydrogen) atoms. The molecule has 1 aliphatic rings. The number of hydrogen-bond donors (Lipinski definition) is 2. The number of amides is 2. The van der Waals surface area contributed by atoms with Crippen molar-refractivity contribution in [1.82, 2.24) is 20.0 Å². The molecule has 1 unspecified atom stereocenters. The summed E-state index contributed by atoms with van der Waals surface area (Å²) in [6, 6.07) is 16.8. The second-order valence-electron chi connectivity index (χ2n) is 8.60. The number of likely N-dealkylation sites (N-methyl/N-ethyl adjacent to an activating group) is 1. The lowest BCUT2D eigenvalue weighted by Crippen LogP contribution is -2.47. The molecule has 0 fully saturated rings. The molecule has 0 saturated carbocycles. The van der Waals surface area contributed by atoms with Gasteiger partial charge in [-0.3, -0.25) is 14.3 Å². The Morgan fingerprint density at radius 3 is 2.29 bits per heavy atom. The Hall–Kier alpha value is -4.14. The van der Waals surface area contributed by atoms with Crippen molar-refractivity contribution in [2.45, 2.75) is 31.3 Å². The van der Waals surface area contributed by atoms with E-state index >= 15 is 0 Å². The van der Waals surface area contributed by atoms with Gasteiger partial charge in [0, 0.05) is 32.6 Å². The van der Waals surface area contributed by atoms with Crippen LogP contribution in [-0.4, -0.2) is 57.5 Å². The molecule has 1 aromatic heterocycles. The summed E-state index contributed by atoms with van der Waals surface area (Å²) in [5.41, 5.74) is 5.19. The number of aryl methyl sites for hydroxylation is 1. The van der Waals surface area contributed by atoms with Crippen molar-refractivity contribution in [3.63, 3.8) is 0 Å². The minimum atomic E-state index is -1.05. The SMILES string of the molecule is CN(Cc1ccnn1C)C(=O)C(CCC(=O)O)NC(=O)OCC1c2ccccc2-c2ccccc21. The number of ether oxygens (including phenoxy) is 1. The van der Waals surface area contributed by atoms with Crippen LogP contribution in [0.15, 0.2) is 60.8 Å². The number of carbonyl (C=O) groups is 3. The smallest absolute Gasteiger partial charge is 0.407 e. The number of hydrogen-bond acceptors (Lipinski definition) is 5. The summed E-state index contributed by atoms with van der Waals surface area (Å²) in [6.45, 7) is 0.371. The quantitative estimate of drug-likeness (QED) is 0.491. The van der Waals surface area contributed by atoms with E-state index in [4.69, 9.17) is 9.84 Å². The minimum Gasteiger partial charge on any atom is -0.481 e. The zero-order chi connectivity index (χ0) is 24.9. The van der Waals surface area contributed by atoms with Gasteiger partial charge in [-0.25, -0.2) is 4.79 Å². The Balaban J connectivity index is 1.42. The highest BCUT2D eigenvalue weighted by Crippen LogP contribution is 2.44. The molecule has 9 nitrogen and oxygen atoms in total. The van der Waals surface area contributed by atoms with E-state index in [1.165, 1.54) is 4.90 Å². The largest absolute Gasteiger partial charge is 0.481 e. The summed E-state index contributed by atoms with van der Waals surface area (Å²) < 4.78 is 7.20. The Morgan fingerprint density at radius 2 is 1.71 bits per heavy atom. The summed E-state index contributed by atoms with van der Waals surface area (Å²) in [5.74, 6) is -1.57. The van der Waals surface area contributed by atoms with Crippen molar-refractivity contribution in [2.75, 3.05) is 13.7 Å². The molecule has 2 amide bonds. The van der Waals surface area contributed by atoms with E-state index in [0.29, 0.717) is 0 Å². The van der Waals surface area contributed by atoms with Gasteiger partial charge in [-0.1, -0.05) is 48.5 Å². The average molecular weight is 477 g/mol. The highest BCUT2D eigenvalue weighted by Gasteiger charge is 2.30. The molecular weight excluding hydrogens is 448 g/mol. The fourth-order valence-corrected chi connectivity index (χ4v) is 4.45. The van der Waals surface area contributed by atoms with Crippen molar-refractivity contribution in [3.8, 4) is 11.1 Å². The van der Waals surface area contributed by atoms with Crippen LogP contribution in [0.1, 0.15) is 35.6 Å². The lowest BCUT2D eigenvalue weighted by molar-refractivity contribution is -0.138. The number of fused-ring (bicyclic) bond motifs is 3. The number of carboxylic acids is 1. The molecule has 2 N–H and O–H groups in total. The molecule has 4 rings (SSSR count). The fourth-order valence-electron chi connectivity index (χ4n) is 4.45. The van der Waals surface area contributed by atoms with Crippen molar-refractivity contribution in [3.05, 3.63) is 77.6 Å². The normalized spacial score (nSPS) is 13.0. The first kappa shape index (κ1) is 24.0. The number of rotatable bonds is 9. The van der Waals surface area contributed by atoms with Crippen LogP contribution in [0.2, 0.25) is 0 Å². The third-order valence-corrected chi connectivity index (χ3v) is 6.28.